The number of hydrogen-bond donors (Lipinski definition) is 2. The van der Waals surface area contributed by atoms with Crippen molar-refractivity contribution in [3.8, 4) is 0 Å². The molecule has 2 aromatic carbocycles. The number of rotatable bonds is 6. The van der Waals surface area contributed by atoms with Gasteiger partial charge in [-0.2, -0.15) is 0 Å². The Labute approximate surface area is 153 Å². The lowest BCUT2D eigenvalue weighted by Crippen LogP contribution is -2.31. The first-order valence-electron chi connectivity index (χ1n) is 6.74. The van der Waals surface area contributed by atoms with Crippen LogP contribution in [0.3, 0.4) is 0 Å². The first kappa shape index (κ1) is 18.6. The fraction of sp³-hybridized carbons (Fsp3) is 0.118. The summed E-state index contributed by atoms with van der Waals surface area (Å²) >= 11 is 1.75. The molecule has 0 aliphatic carbocycles. The summed E-state index contributed by atoms with van der Waals surface area (Å²) in [4.78, 5) is 6.73. The summed E-state index contributed by atoms with van der Waals surface area (Å²) in [5.74, 6) is 0.442. The zero-order valence-electron chi connectivity index (χ0n) is 12.2. The van der Waals surface area contributed by atoms with E-state index in [1.54, 1.807) is 17.8 Å². The van der Waals surface area contributed by atoms with Crippen LogP contribution in [-0.2, 0) is 6.54 Å². The van der Waals surface area contributed by atoms with Gasteiger partial charge in [0.2, 0.25) is 0 Å². The quantitative estimate of drug-likeness (QED) is 0.318. The van der Waals surface area contributed by atoms with E-state index >= 15 is 0 Å². The van der Waals surface area contributed by atoms with Crippen molar-refractivity contribution in [3.63, 3.8) is 0 Å². The first-order valence-corrected chi connectivity index (χ1v) is 7.56. The zero-order valence-corrected chi connectivity index (χ0v) is 15.4. The van der Waals surface area contributed by atoms with Crippen molar-refractivity contribution in [2.75, 3.05) is 6.54 Å². The van der Waals surface area contributed by atoms with E-state index in [1.807, 2.05) is 18.2 Å². The number of benzene rings is 2. The maximum Gasteiger partial charge on any atom is 0.189 e. The maximum atomic E-state index is 5.73. The Kier molecular flexibility index (Phi) is 8.69. The lowest BCUT2D eigenvalue weighted by Gasteiger charge is -2.04. The SMILES string of the molecule is C=CCNC(N)=NCc1ccc(Sc2ccccc2)cc1.I. The summed E-state index contributed by atoms with van der Waals surface area (Å²) in [6.45, 7) is 4.82. The molecule has 0 atom stereocenters. The van der Waals surface area contributed by atoms with Crippen LogP contribution in [0, 0.1) is 0 Å². The van der Waals surface area contributed by atoms with Crippen LogP contribution in [0.1, 0.15) is 5.56 Å². The predicted molar refractivity (Wildman–Crippen MR) is 106 cm³/mol. The van der Waals surface area contributed by atoms with Gasteiger partial charge in [-0.1, -0.05) is 48.2 Å². The Bertz CT molecular complexity index is 597. The average Bonchev–Trinajstić information content (AvgIpc) is 2.53. The minimum Gasteiger partial charge on any atom is -0.370 e. The molecule has 0 aliphatic heterocycles. The molecule has 3 nitrogen and oxygen atoms in total. The minimum atomic E-state index is 0. The predicted octanol–water partition coefficient (Wildman–Crippen LogP) is 4.05. The molecule has 0 aromatic heterocycles. The van der Waals surface area contributed by atoms with Gasteiger partial charge in [0.1, 0.15) is 0 Å². The lowest BCUT2D eigenvalue weighted by atomic mass is 10.2. The third kappa shape index (κ3) is 6.53. The Morgan fingerprint density at radius 3 is 2.36 bits per heavy atom. The molecule has 0 spiro atoms. The Balaban J connectivity index is 0.00000242. The molecule has 0 amide bonds. The van der Waals surface area contributed by atoms with Gasteiger partial charge in [-0.15, -0.1) is 30.6 Å². The molecule has 0 saturated heterocycles. The van der Waals surface area contributed by atoms with Gasteiger partial charge >= 0.3 is 0 Å². The van der Waals surface area contributed by atoms with Gasteiger partial charge in [-0.25, -0.2) is 4.99 Å². The second kappa shape index (κ2) is 10.3. The van der Waals surface area contributed by atoms with Crippen LogP contribution in [0.2, 0.25) is 0 Å². The van der Waals surface area contributed by atoms with Crippen molar-refractivity contribution in [3.05, 3.63) is 72.8 Å². The summed E-state index contributed by atoms with van der Waals surface area (Å²) in [5, 5.41) is 2.95. The standard InChI is InChI=1S/C17H19N3S.HI/c1-2-12-19-17(18)20-13-14-8-10-16(11-9-14)21-15-6-4-3-5-7-15;/h2-11H,1,12-13H2,(H3,18,19,20);1H. The van der Waals surface area contributed by atoms with Crippen LogP contribution in [0.4, 0.5) is 0 Å². The number of hydrogen-bond acceptors (Lipinski definition) is 2. The number of nitrogens with zero attached hydrogens (tertiary/aromatic N) is 1. The molecule has 0 radical (unpaired) electrons. The summed E-state index contributed by atoms with van der Waals surface area (Å²) in [6, 6.07) is 18.7. The van der Waals surface area contributed by atoms with Gasteiger partial charge in [-0.3, -0.25) is 0 Å². The fourth-order valence-electron chi connectivity index (χ4n) is 1.70. The highest BCUT2D eigenvalue weighted by Gasteiger charge is 1.98. The van der Waals surface area contributed by atoms with E-state index in [9.17, 15) is 0 Å². The van der Waals surface area contributed by atoms with Crippen molar-refractivity contribution in [1.29, 1.82) is 0 Å². The Morgan fingerprint density at radius 1 is 1.09 bits per heavy atom. The molecule has 0 saturated carbocycles. The third-order valence-electron chi connectivity index (χ3n) is 2.76. The van der Waals surface area contributed by atoms with Crippen LogP contribution in [0.5, 0.6) is 0 Å². The fourth-order valence-corrected chi connectivity index (χ4v) is 2.53. The van der Waals surface area contributed by atoms with Gasteiger partial charge in [0.05, 0.1) is 6.54 Å². The number of guanidine groups is 1. The topological polar surface area (TPSA) is 50.4 Å². The van der Waals surface area contributed by atoms with E-state index in [2.05, 4.69) is 53.3 Å². The van der Waals surface area contributed by atoms with Crippen molar-refractivity contribution in [2.45, 2.75) is 16.3 Å². The molecule has 0 unspecified atom stereocenters. The molecule has 3 N–H and O–H groups in total. The summed E-state index contributed by atoms with van der Waals surface area (Å²) in [7, 11) is 0. The number of aliphatic imine (C=N–C) groups is 1. The molecule has 0 fully saturated rings. The van der Waals surface area contributed by atoms with Crippen molar-refractivity contribution in [1.82, 2.24) is 5.32 Å². The van der Waals surface area contributed by atoms with Gasteiger partial charge in [-0.05, 0) is 29.8 Å². The van der Waals surface area contributed by atoms with Crippen molar-refractivity contribution < 1.29 is 0 Å². The van der Waals surface area contributed by atoms with Crippen LogP contribution in [0.15, 0.2) is 82.0 Å². The van der Waals surface area contributed by atoms with E-state index < -0.39 is 0 Å². The average molecular weight is 425 g/mol. The monoisotopic (exact) mass is 425 g/mol. The smallest absolute Gasteiger partial charge is 0.189 e. The third-order valence-corrected chi connectivity index (χ3v) is 3.78. The molecule has 0 heterocycles. The van der Waals surface area contributed by atoms with Crippen LogP contribution < -0.4 is 11.1 Å². The first-order chi connectivity index (χ1) is 10.3. The van der Waals surface area contributed by atoms with Gasteiger partial charge in [0.15, 0.2) is 5.96 Å². The van der Waals surface area contributed by atoms with E-state index in [0.717, 1.165) is 5.56 Å². The van der Waals surface area contributed by atoms with E-state index in [4.69, 9.17) is 5.73 Å². The molecule has 0 aliphatic rings. The van der Waals surface area contributed by atoms with Crippen LogP contribution >= 0.6 is 35.7 Å². The zero-order chi connectivity index (χ0) is 14.9. The second-order valence-corrected chi connectivity index (χ2v) is 5.58. The van der Waals surface area contributed by atoms with E-state index in [0.29, 0.717) is 19.0 Å². The molecular formula is C17H20IN3S. The molecule has 116 valence electrons. The summed E-state index contributed by atoms with van der Waals surface area (Å²) in [6.07, 6.45) is 1.75. The van der Waals surface area contributed by atoms with Gasteiger partial charge in [0.25, 0.3) is 0 Å². The lowest BCUT2D eigenvalue weighted by molar-refractivity contribution is 0.969. The van der Waals surface area contributed by atoms with Gasteiger partial charge < -0.3 is 11.1 Å². The summed E-state index contributed by atoms with van der Waals surface area (Å²) in [5.41, 5.74) is 6.86. The molecule has 5 heteroatoms. The summed E-state index contributed by atoms with van der Waals surface area (Å²) < 4.78 is 0. The second-order valence-electron chi connectivity index (χ2n) is 4.43. The van der Waals surface area contributed by atoms with Crippen LogP contribution in [-0.4, -0.2) is 12.5 Å². The number of halogens is 1. The number of nitrogens with two attached hydrogens (primary N) is 1. The Morgan fingerprint density at radius 2 is 1.73 bits per heavy atom. The molecular weight excluding hydrogens is 405 g/mol. The molecule has 2 aromatic rings. The van der Waals surface area contributed by atoms with Crippen LogP contribution in [0.25, 0.3) is 0 Å². The highest BCUT2D eigenvalue weighted by atomic mass is 127. The maximum absolute atomic E-state index is 5.73. The van der Waals surface area contributed by atoms with E-state index in [-0.39, 0.29) is 24.0 Å². The number of nitrogens with one attached hydrogen (secondary N) is 1. The highest BCUT2D eigenvalue weighted by molar-refractivity contribution is 14.0. The normalized spacial score (nSPS) is 10.6. The largest absolute Gasteiger partial charge is 0.370 e. The molecule has 0 bridgehead atoms. The molecule has 22 heavy (non-hydrogen) atoms. The minimum absolute atomic E-state index is 0. The highest BCUT2D eigenvalue weighted by Crippen LogP contribution is 2.27. The van der Waals surface area contributed by atoms with E-state index in [1.165, 1.54) is 9.79 Å². The van der Waals surface area contributed by atoms with Gasteiger partial charge in [0, 0.05) is 16.3 Å². The van der Waals surface area contributed by atoms with Crippen molar-refractivity contribution >= 4 is 41.7 Å². The van der Waals surface area contributed by atoms with Crippen molar-refractivity contribution in [2.24, 2.45) is 10.7 Å². The Hall–Kier alpha value is -1.47. The molecule has 2 rings (SSSR count).